The van der Waals surface area contributed by atoms with Crippen molar-refractivity contribution < 1.29 is 4.42 Å². The van der Waals surface area contributed by atoms with Gasteiger partial charge in [-0.15, -0.1) is 0 Å². The minimum Gasteiger partial charge on any atom is -0.444 e. The van der Waals surface area contributed by atoms with Crippen LogP contribution in [-0.2, 0) is 6.54 Å². The number of nitrogens with one attached hydrogen (secondary N) is 1. The minimum absolute atomic E-state index is 0.714. The van der Waals surface area contributed by atoms with Gasteiger partial charge in [0.1, 0.15) is 5.76 Å². The van der Waals surface area contributed by atoms with E-state index >= 15 is 0 Å². The highest BCUT2D eigenvalue weighted by Gasteiger charge is 2.42. The number of hydrogen-bond acceptors (Lipinski definition) is 5. The zero-order valence-corrected chi connectivity index (χ0v) is 20.4. The molecule has 3 heterocycles. The topological polar surface area (TPSA) is 60.1 Å². The van der Waals surface area contributed by atoms with E-state index in [1.165, 1.54) is 51.6 Å². The lowest BCUT2D eigenvalue weighted by Gasteiger charge is -2.42. The Morgan fingerprint density at radius 3 is 2.41 bits per heavy atom. The molecule has 2 saturated heterocycles. The molecule has 2 aliphatic heterocycles. The summed E-state index contributed by atoms with van der Waals surface area (Å²) in [6.45, 7) is 12.7. The molecule has 3 atom stereocenters. The molecule has 0 aromatic carbocycles. The van der Waals surface area contributed by atoms with E-state index in [9.17, 15) is 0 Å². The molecule has 4 fully saturated rings. The van der Waals surface area contributed by atoms with Crippen LogP contribution in [0.5, 0.6) is 0 Å². The first-order chi connectivity index (χ1) is 15.6. The molecular weight excluding hydrogens is 400 g/mol. The molecule has 4 aliphatic rings. The van der Waals surface area contributed by atoms with Crippen molar-refractivity contribution in [2.24, 2.45) is 22.7 Å². The van der Waals surface area contributed by atoms with Crippen LogP contribution in [-0.4, -0.2) is 84.5 Å². The molecule has 0 radical (unpaired) electrons. The maximum Gasteiger partial charge on any atom is 0.208 e. The van der Waals surface area contributed by atoms with Crippen molar-refractivity contribution in [2.75, 3.05) is 52.9 Å². The van der Waals surface area contributed by atoms with Crippen LogP contribution >= 0.6 is 0 Å². The number of oxazole rings is 1. The number of aliphatic imine (C=N–C) groups is 1. The molecule has 1 aromatic rings. The van der Waals surface area contributed by atoms with E-state index < -0.39 is 0 Å². The number of piperazine rings is 1. The molecule has 3 unspecified atom stereocenters. The van der Waals surface area contributed by atoms with Gasteiger partial charge in [0.05, 0.1) is 12.2 Å². The normalized spacial score (nSPS) is 30.4. The second-order valence-electron chi connectivity index (χ2n) is 10.7. The highest BCUT2D eigenvalue weighted by Crippen LogP contribution is 2.46. The summed E-state index contributed by atoms with van der Waals surface area (Å²) in [5.74, 6) is 5.65. The first kappa shape index (κ1) is 22.2. The van der Waals surface area contributed by atoms with E-state index in [4.69, 9.17) is 4.42 Å². The molecule has 2 aliphatic carbocycles. The van der Waals surface area contributed by atoms with Crippen LogP contribution in [0.3, 0.4) is 0 Å². The van der Waals surface area contributed by atoms with Crippen molar-refractivity contribution in [3.05, 3.63) is 17.3 Å². The molecule has 0 amide bonds. The predicted octanol–water partition coefficient (Wildman–Crippen LogP) is 2.89. The summed E-state index contributed by atoms with van der Waals surface area (Å²) >= 11 is 0. The fraction of sp³-hybridized carbons (Fsp3) is 0.840. The van der Waals surface area contributed by atoms with Crippen molar-refractivity contribution >= 4 is 5.96 Å². The van der Waals surface area contributed by atoms with Crippen molar-refractivity contribution in [1.29, 1.82) is 0 Å². The maximum atomic E-state index is 5.77. The standard InChI is InChI=1S/C25H42N6O/c1-18-19(2)32-24(28-18)17-29-8-6-20(7-9-29)16-27-25(26-3)31-12-10-30(11-13-31)23-15-21-4-5-22(23)14-21/h20-23H,4-17H2,1-3H3,(H,26,27). The molecule has 178 valence electrons. The third-order valence-corrected chi connectivity index (χ3v) is 8.68. The predicted molar refractivity (Wildman–Crippen MR) is 128 cm³/mol. The molecule has 32 heavy (non-hydrogen) atoms. The Kier molecular flexibility index (Phi) is 6.74. The quantitative estimate of drug-likeness (QED) is 0.559. The van der Waals surface area contributed by atoms with Crippen LogP contribution in [0, 0.1) is 31.6 Å². The Morgan fingerprint density at radius 1 is 1.03 bits per heavy atom. The fourth-order valence-corrected chi connectivity index (χ4v) is 6.64. The Bertz CT molecular complexity index is 771. The smallest absolute Gasteiger partial charge is 0.208 e. The maximum absolute atomic E-state index is 5.77. The summed E-state index contributed by atoms with van der Waals surface area (Å²) in [4.78, 5) is 16.9. The van der Waals surface area contributed by atoms with Crippen molar-refractivity contribution in [3.63, 3.8) is 0 Å². The first-order valence-electron chi connectivity index (χ1n) is 12.9. The molecule has 5 rings (SSSR count). The molecule has 2 bridgehead atoms. The number of fused-ring (bicyclic) bond motifs is 2. The highest BCUT2D eigenvalue weighted by atomic mass is 16.4. The van der Waals surface area contributed by atoms with Crippen molar-refractivity contribution in [2.45, 2.75) is 65.0 Å². The van der Waals surface area contributed by atoms with E-state index in [1.54, 1.807) is 0 Å². The fourth-order valence-electron chi connectivity index (χ4n) is 6.64. The van der Waals surface area contributed by atoms with Crippen LogP contribution in [0.1, 0.15) is 55.9 Å². The van der Waals surface area contributed by atoms with Gasteiger partial charge in [0.15, 0.2) is 5.96 Å². The Balaban J connectivity index is 1.02. The molecule has 1 aromatic heterocycles. The SMILES string of the molecule is CN=C(NCC1CCN(Cc2nc(C)c(C)o2)CC1)N1CCN(C2CC3CCC2C3)CC1. The number of rotatable bonds is 5. The lowest BCUT2D eigenvalue weighted by atomic mass is 9.93. The number of piperidine rings is 1. The van der Waals surface area contributed by atoms with Crippen molar-refractivity contribution in [3.8, 4) is 0 Å². The largest absolute Gasteiger partial charge is 0.444 e. The summed E-state index contributed by atoms with van der Waals surface area (Å²) in [5, 5.41) is 3.70. The Labute approximate surface area is 193 Å². The molecular formula is C25H42N6O. The molecule has 0 spiro atoms. The zero-order valence-electron chi connectivity index (χ0n) is 20.4. The van der Waals surface area contributed by atoms with Gasteiger partial charge in [-0.2, -0.15) is 0 Å². The second-order valence-corrected chi connectivity index (χ2v) is 10.7. The minimum atomic E-state index is 0.714. The average Bonchev–Trinajstić information content (AvgIpc) is 3.52. The summed E-state index contributed by atoms with van der Waals surface area (Å²) < 4.78 is 5.77. The molecule has 7 nitrogen and oxygen atoms in total. The van der Waals surface area contributed by atoms with Gasteiger partial charge in [0.2, 0.25) is 5.89 Å². The van der Waals surface area contributed by atoms with E-state index in [1.807, 2.05) is 20.9 Å². The Hall–Kier alpha value is -1.60. The van der Waals surface area contributed by atoms with Gasteiger partial charge >= 0.3 is 0 Å². The van der Waals surface area contributed by atoms with Crippen molar-refractivity contribution in [1.82, 2.24) is 25.0 Å². The summed E-state index contributed by atoms with van der Waals surface area (Å²) in [6.07, 6.45) is 8.39. The monoisotopic (exact) mass is 442 g/mol. The lowest BCUT2D eigenvalue weighted by Crippen LogP contribution is -2.56. The third kappa shape index (κ3) is 4.84. The summed E-state index contributed by atoms with van der Waals surface area (Å²) in [7, 11) is 1.94. The average molecular weight is 443 g/mol. The van der Waals surface area contributed by atoms with Crippen LogP contribution in [0.25, 0.3) is 0 Å². The number of guanidine groups is 1. The number of likely N-dealkylation sites (tertiary alicyclic amines) is 1. The van der Waals surface area contributed by atoms with Crippen LogP contribution < -0.4 is 5.32 Å². The van der Waals surface area contributed by atoms with E-state index in [0.717, 1.165) is 80.5 Å². The van der Waals surface area contributed by atoms with E-state index in [-0.39, 0.29) is 0 Å². The zero-order chi connectivity index (χ0) is 22.1. The van der Waals surface area contributed by atoms with Crippen LogP contribution in [0.2, 0.25) is 0 Å². The van der Waals surface area contributed by atoms with Gasteiger partial charge < -0.3 is 14.6 Å². The van der Waals surface area contributed by atoms with E-state index in [0.29, 0.717) is 5.92 Å². The molecule has 2 saturated carbocycles. The van der Waals surface area contributed by atoms with Gasteiger partial charge in [-0.1, -0.05) is 6.42 Å². The summed E-state index contributed by atoms with van der Waals surface area (Å²) in [5.41, 5.74) is 1.02. The van der Waals surface area contributed by atoms with Gasteiger partial charge in [0.25, 0.3) is 0 Å². The number of aryl methyl sites for hydroxylation is 2. The summed E-state index contributed by atoms with van der Waals surface area (Å²) in [6, 6.07) is 0.875. The van der Waals surface area contributed by atoms with E-state index in [2.05, 4.69) is 30.0 Å². The van der Waals surface area contributed by atoms with Crippen LogP contribution in [0.4, 0.5) is 0 Å². The third-order valence-electron chi connectivity index (χ3n) is 8.68. The highest BCUT2D eigenvalue weighted by molar-refractivity contribution is 5.80. The van der Waals surface area contributed by atoms with Crippen LogP contribution in [0.15, 0.2) is 9.41 Å². The van der Waals surface area contributed by atoms with Gasteiger partial charge in [-0.3, -0.25) is 14.8 Å². The molecule has 1 N–H and O–H groups in total. The first-order valence-corrected chi connectivity index (χ1v) is 12.9. The van der Waals surface area contributed by atoms with Gasteiger partial charge in [-0.05, 0) is 76.8 Å². The number of nitrogens with zero attached hydrogens (tertiary/aromatic N) is 5. The van der Waals surface area contributed by atoms with Gasteiger partial charge in [-0.25, -0.2) is 4.98 Å². The second kappa shape index (κ2) is 9.72. The lowest BCUT2D eigenvalue weighted by molar-refractivity contribution is 0.0955. The number of aromatic nitrogens is 1. The number of hydrogen-bond donors (Lipinski definition) is 1. The Morgan fingerprint density at radius 2 is 1.81 bits per heavy atom. The van der Waals surface area contributed by atoms with Gasteiger partial charge in [0, 0.05) is 45.8 Å². The molecule has 7 heteroatoms.